The van der Waals surface area contributed by atoms with Crippen LogP contribution in [0.25, 0.3) is 0 Å². The molecule has 23 heavy (non-hydrogen) atoms. The van der Waals surface area contributed by atoms with Crippen molar-refractivity contribution in [1.29, 1.82) is 0 Å². The van der Waals surface area contributed by atoms with E-state index in [1.807, 2.05) is 3.59 Å². The van der Waals surface area contributed by atoms with E-state index in [0.717, 1.165) is 0 Å². The molecule has 0 saturated carbocycles. The zero-order valence-electron chi connectivity index (χ0n) is 18.0. The molecule has 0 nitrogen and oxygen atoms in total. The fourth-order valence-electron chi connectivity index (χ4n) is 4.52. The Balaban J connectivity index is 6.85. The van der Waals surface area contributed by atoms with Crippen LogP contribution in [0.2, 0.25) is 21.5 Å². The molecule has 0 unspecified atom stereocenters. The topological polar surface area (TPSA) is 0 Å². The minimum atomic E-state index is -1.47. The van der Waals surface area contributed by atoms with Gasteiger partial charge in [-0.25, -0.2) is 0 Å². The first-order valence-corrected chi connectivity index (χ1v) is 16.8. The first-order chi connectivity index (χ1) is 10.4. The maximum atomic E-state index is 3.89. The van der Waals surface area contributed by atoms with Gasteiger partial charge in [0.25, 0.3) is 0 Å². The molecular formula is C21H41BSn. The van der Waals surface area contributed by atoms with Crippen LogP contribution >= 0.6 is 0 Å². The number of hydrogen-bond acceptors (Lipinski definition) is 0. The van der Waals surface area contributed by atoms with E-state index in [4.69, 9.17) is 0 Å². The van der Waals surface area contributed by atoms with Crippen molar-refractivity contribution in [3.63, 3.8) is 0 Å². The second kappa shape index (κ2) is 9.60. The third kappa shape index (κ3) is 5.59. The average molecular weight is 423 g/mol. The summed E-state index contributed by atoms with van der Waals surface area (Å²) in [7, 11) is 0. The van der Waals surface area contributed by atoms with E-state index in [1.165, 1.54) is 0 Å². The SMILES string of the molecule is CC(C)C#C[B-](/C(=[C](/C(C)C)[Sn+]([CH3])[CH3])C(C)C)(C(C)C)C(C)C. The van der Waals surface area contributed by atoms with Crippen LogP contribution in [0.1, 0.15) is 69.2 Å². The Bertz CT molecular complexity index is 438. The minimum absolute atomic E-state index is 0.450. The van der Waals surface area contributed by atoms with Gasteiger partial charge >= 0.3 is 155 Å². The van der Waals surface area contributed by atoms with E-state index in [2.05, 4.69) is 90.9 Å². The van der Waals surface area contributed by atoms with Gasteiger partial charge < -0.3 is 0 Å². The number of hydrogen-bond donors (Lipinski definition) is 0. The van der Waals surface area contributed by atoms with Gasteiger partial charge in [-0.2, -0.15) is 0 Å². The van der Waals surface area contributed by atoms with Crippen LogP contribution in [0.15, 0.2) is 9.06 Å². The van der Waals surface area contributed by atoms with Crippen molar-refractivity contribution < 1.29 is 0 Å². The van der Waals surface area contributed by atoms with E-state index >= 15 is 0 Å². The molecule has 0 heterocycles. The fourth-order valence-corrected chi connectivity index (χ4v) is 11.0. The Kier molecular flexibility index (Phi) is 9.66. The standard InChI is InChI=1S/C19H35B.2CH3.Sn/c1-14(2)11-12-20(17(7)8,18(9)10)19(16(5)6)13-15(3)4;;;/h14-18H,1-10H3;2*1H3;/q-1;;;+1. The van der Waals surface area contributed by atoms with E-state index < -0.39 is 25.9 Å². The molecule has 0 aromatic rings. The normalized spacial score (nSPS) is 13.8. The number of allylic oxidation sites excluding steroid dienone is 2. The van der Waals surface area contributed by atoms with Gasteiger partial charge in [-0.15, -0.1) is 0 Å². The molecule has 0 N–H and O–H groups in total. The molecule has 0 aromatic carbocycles. The summed E-state index contributed by atoms with van der Waals surface area (Å²) >= 11 is -1.47. The van der Waals surface area contributed by atoms with Gasteiger partial charge in [0.2, 0.25) is 0 Å². The Hall–Kier alpha value is 0.164. The van der Waals surface area contributed by atoms with Crippen molar-refractivity contribution in [3.05, 3.63) is 9.06 Å². The summed E-state index contributed by atoms with van der Waals surface area (Å²) in [5, 5.41) is 0. The molecule has 0 aliphatic carbocycles. The second-order valence-corrected chi connectivity index (χ2v) is 16.4. The third-order valence-electron chi connectivity index (χ3n) is 5.28. The molecule has 0 atom stereocenters. The van der Waals surface area contributed by atoms with Crippen LogP contribution in [0.4, 0.5) is 0 Å². The van der Waals surface area contributed by atoms with Crippen molar-refractivity contribution in [2.24, 2.45) is 17.8 Å². The Morgan fingerprint density at radius 3 is 1.39 bits per heavy atom. The monoisotopic (exact) mass is 424 g/mol. The Morgan fingerprint density at radius 2 is 1.17 bits per heavy atom. The molecule has 0 spiro atoms. The maximum absolute atomic E-state index is 3.89. The molecule has 0 fully saturated rings. The summed E-state index contributed by atoms with van der Waals surface area (Å²) < 4.78 is 1.85. The third-order valence-corrected chi connectivity index (χ3v) is 10.8. The summed E-state index contributed by atoms with van der Waals surface area (Å²) in [5.41, 5.74) is 1.76. The Morgan fingerprint density at radius 1 is 0.739 bits per heavy atom. The zero-order chi connectivity index (χ0) is 18.5. The van der Waals surface area contributed by atoms with E-state index in [0.29, 0.717) is 29.4 Å². The predicted octanol–water partition coefficient (Wildman–Crippen LogP) is 6.90. The van der Waals surface area contributed by atoms with Crippen molar-refractivity contribution in [2.75, 3.05) is 0 Å². The first-order valence-electron chi connectivity index (χ1n) is 9.63. The Labute approximate surface area is 154 Å². The van der Waals surface area contributed by atoms with Crippen LogP contribution in [-0.2, 0) is 0 Å². The van der Waals surface area contributed by atoms with Crippen LogP contribution in [0.5, 0.6) is 0 Å². The van der Waals surface area contributed by atoms with E-state index in [9.17, 15) is 0 Å². The molecule has 132 valence electrons. The molecule has 0 aromatic heterocycles. The molecule has 0 aliphatic rings. The van der Waals surface area contributed by atoms with Crippen LogP contribution in [0.3, 0.4) is 0 Å². The quantitative estimate of drug-likeness (QED) is 0.322. The number of rotatable bonds is 6. The van der Waals surface area contributed by atoms with E-state index in [1.54, 1.807) is 5.47 Å². The summed E-state index contributed by atoms with van der Waals surface area (Å²) in [5.74, 6) is 10.4. The average Bonchev–Trinajstić information content (AvgIpc) is 2.35. The van der Waals surface area contributed by atoms with Crippen LogP contribution < -0.4 is 0 Å². The van der Waals surface area contributed by atoms with Crippen molar-refractivity contribution in [3.8, 4) is 11.7 Å². The van der Waals surface area contributed by atoms with Gasteiger partial charge in [-0.1, -0.05) is 0 Å². The predicted molar refractivity (Wildman–Crippen MR) is 113 cm³/mol. The van der Waals surface area contributed by atoms with Gasteiger partial charge in [0, 0.05) is 0 Å². The van der Waals surface area contributed by atoms with E-state index in [-0.39, 0.29) is 0 Å². The van der Waals surface area contributed by atoms with Crippen LogP contribution in [-0.4, -0.2) is 25.9 Å². The summed E-state index contributed by atoms with van der Waals surface area (Å²) in [6.45, 7) is 23.7. The zero-order valence-corrected chi connectivity index (χ0v) is 20.8. The summed E-state index contributed by atoms with van der Waals surface area (Å²) in [6.07, 6.45) is -0.809. The van der Waals surface area contributed by atoms with Crippen molar-refractivity contribution >= 4 is 25.9 Å². The molecule has 2 heteroatoms. The van der Waals surface area contributed by atoms with Gasteiger partial charge in [0.15, 0.2) is 0 Å². The molecular weight excluding hydrogens is 382 g/mol. The van der Waals surface area contributed by atoms with Crippen molar-refractivity contribution in [2.45, 2.75) is 90.8 Å². The van der Waals surface area contributed by atoms with Crippen molar-refractivity contribution in [1.82, 2.24) is 0 Å². The fraction of sp³-hybridized carbons (Fsp3) is 0.810. The molecule has 0 saturated heterocycles. The summed E-state index contributed by atoms with van der Waals surface area (Å²) in [6, 6.07) is 0. The molecule has 0 bridgehead atoms. The molecule has 0 amide bonds. The first kappa shape index (κ1) is 23.2. The summed E-state index contributed by atoms with van der Waals surface area (Å²) in [4.78, 5) is 5.11. The van der Waals surface area contributed by atoms with Gasteiger partial charge in [0.05, 0.1) is 0 Å². The molecule has 0 aliphatic heterocycles. The second-order valence-electron chi connectivity index (χ2n) is 9.11. The van der Waals surface area contributed by atoms with Crippen LogP contribution in [0, 0.1) is 29.5 Å². The van der Waals surface area contributed by atoms with Gasteiger partial charge in [-0.3, -0.25) is 0 Å². The molecule has 0 radical (unpaired) electrons. The van der Waals surface area contributed by atoms with Gasteiger partial charge in [0.1, 0.15) is 0 Å². The van der Waals surface area contributed by atoms with Gasteiger partial charge in [-0.05, 0) is 0 Å². The molecule has 0 rings (SSSR count).